The first-order chi connectivity index (χ1) is 10.6. The van der Waals surface area contributed by atoms with Gasteiger partial charge in [-0.05, 0) is 7.05 Å². The lowest BCUT2D eigenvalue weighted by molar-refractivity contribution is -0.383. The van der Waals surface area contributed by atoms with Crippen molar-refractivity contribution < 1.29 is 9.66 Å². The van der Waals surface area contributed by atoms with Crippen LogP contribution in [0.3, 0.4) is 0 Å². The van der Waals surface area contributed by atoms with Gasteiger partial charge < -0.3 is 15.0 Å². The summed E-state index contributed by atoms with van der Waals surface area (Å²) < 4.78 is 4.92. The van der Waals surface area contributed by atoms with Crippen LogP contribution in [0.5, 0.6) is 0 Å². The Morgan fingerprint density at radius 1 is 1.32 bits per heavy atom. The molecule has 1 aromatic rings. The van der Waals surface area contributed by atoms with E-state index < -0.39 is 4.92 Å². The molecule has 0 amide bonds. The summed E-state index contributed by atoms with van der Waals surface area (Å²) in [5, 5.41) is 16.2. The first-order valence-corrected chi connectivity index (χ1v) is 7.04. The molecule has 0 bridgehead atoms. The lowest BCUT2D eigenvalue weighted by Crippen LogP contribution is -2.47. The smallest absolute Gasteiger partial charge is 0.354 e. The van der Waals surface area contributed by atoms with Crippen LogP contribution in [0.25, 0.3) is 0 Å². The molecular weight excluding hydrogens is 290 g/mol. The van der Waals surface area contributed by atoms with Gasteiger partial charge in [0.15, 0.2) is 0 Å². The summed E-state index contributed by atoms with van der Waals surface area (Å²) >= 11 is 0. The Balaban J connectivity index is 2.12. The van der Waals surface area contributed by atoms with Gasteiger partial charge in [0.2, 0.25) is 11.6 Å². The molecule has 0 saturated carbocycles. The van der Waals surface area contributed by atoms with Crippen LogP contribution in [-0.2, 0) is 4.74 Å². The van der Waals surface area contributed by atoms with Gasteiger partial charge in [-0.3, -0.25) is 15.5 Å². The highest BCUT2D eigenvalue weighted by atomic mass is 16.6. The summed E-state index contributed by atoms with van der Waals surface area (Å²) in [4.78, 5) is 21.0. The van der Waals surface area contributed by atoms with Crippen LogP contribution in [0, 0.1) is 10.1 Å². The minimum atomic E-state index is -0.479. The summed E-state index contributed by atoms with van der Waals surface area (Å²) in [7, 11) is 3.61. The molecule has 0 aromatic carbocycles. The van der Waals surface area contributed by atoms with Crippen LogP contribution < -0.4 is 10.7 Å². The monoisotopic (exact) mass is 311 g/mol. The van der Waals surface area contributed by atoms with Crippen molar-refractivity contribution in [2.24, 2.45) is 0 Å². The van der Waals surface area contributed by atoms with Crippen molar-refractivity contribution in [1.29, 1.82) is 0 Å². The molecule has 2 rings (SSSR count). The summed E-state index contributed by atoms with van der Waals surface area (Å²) in [5.41, 5.74) is 2.87. The van der Waals surface area contributed by atoms with Crippen molar-refractivity contribution in [3.63, 3.8) is 0 Å². The Morgan fingerprint density at radius 3 is 2.64 bits per heavy atom. The summed E-state index contributed by atoms with van der Waals surface area (Å²) in [6.45, 7) is 4.19. The van der Waals surface area contributed by atoms with Gasteiger partial charge in [0, 0.05) is 39.8 Å². The molecule has 2 heterocycles. The number of hydrazine groups is 1. The highest BCUT2D eigenvalue weighted by molar-refractivity contribution is 5.68. The van der Waals surface area contributed by atoms with Crippen molar-refractivity contribution in [1.82, 2.24) is 19.9 Å². The highest BCUT2D eigenvalue weighted by Gasteiger charge is 2.25. The van der Waals surface area contributed by atoms with E-state index in [1.807, 2.05) is 12.1 Å². The van der Waals surface area contributed by atoms with E-state index in [0.29, 0.717) is 13.2 Å². The first kappa shape index (κ1) is 16.3. The molecule has 22 heavy (non-hydrogen) atoms. The molecule has 1 aliphatic heterocycles. The van der Waals surface area contributed by atoms with Gasteiger partial charge in [-0.25, -0.2) is 15.0 Å². The summed E-state index contributed by atoms with van der Waals surface area (Å²) in [6.07, 6.45) is 1.31. The Labute approximate surface area is 128 Å². The quantitative estimate of drug-likeness (QED) is 0.409. The fourth-order valence-electron chi connectivity index (χ4n) is 2.10. The fraction of sp³-hybridized carbons (Fsp3) is 0.667. The number of ether oxygens (including phenoxy) is 1. The zero-order valence-corrected chi connectivity index (χ0v) is 12.8. The molecule has 10 heteroatoms. The van der Waals surface area contributed by atoms with Crippen LogP contribution in [0.2, 0.25) is 0 Å². The van der Waals surface area contributed by atoms with E-state index in [0.717, 1.165) is 26.2 Å². The number of hydrogen-bond donors (Lipinski definition) is 2. The SMILES string of the molecule is COCCNc1ncnc(NN2CCN(C)CC2)c1[N+](=O)[O-]. The van der Waals surface area contributed by atoms with Gasteiger partial charge in [0.05, 0.1) is 11.5 Å². The van der Waals surface area contributed by atoms with Crippen molar-refractivity contribution in [2.75, 3.05) is 64.2 Å². The number of aromatic nitrogens is 2. The van der Waals surface area contributed by atoms with E-state index in [1.54, 1.807) is 7.11 Å². The third kappa shape index (κ3) is 4.23. The van der Waals surface area contributed by atoms with Crippen LogP contribution in [0.4, 0.5) is 17.3 Å². The zero-order chi connectivity index (χ0) is 15.9. The molecule has 1 fully saturated rings. The van der Waals surface area contributed by atoms with E-state index in [1.165, 1.54) is 6.33 Å². The molecule has 0 unspecified atom stereocenters. The molecular formula is C12H21N7O3. The topological polar surface area (TPSA) is 109 Å². The third-order valence-corrected chi connectivity index (χ3v) is 3.37. The van der Waals surface area contributed by atoms with Crippen LogP contribution in [0.15, 0.2) is 6.33 Å². The molecule has 10 nitrogen and oxygen atoms in total. The fourth-order valence-corrected chi connectivity index (χ4v) is 2.10. The number of nitrogens with one attached hydrogen (secondary N) is 2. The standard InChI is InChI=1S/C12H21N7O3/c1-17-4-6-18(7-5-17)16-12-10(19(20)21)11(14-9-15-12)13-3-8-22-2/h9H,3-8H2,1-2H3,(H2,13,14,15,16). The van der Waals surface area contributed by atoms with E-state index >= 15 is 0 Å². The van der Waals surface area contributed by atoms with Gasteiger partial charge in [0.1, 0.15) is 6.33 Å². The number of anilines is 2. The third-order valence-electron chi connectivity index (χ3n) is 3.37. The Hall–Kier alpha value is -2.04. The van der Waals surface area contributed by atoms with Gasteiger partial charge in [0.25, 0.3) is 0 Å². The summed E-state index contributed by atoms with van der Waals surface area (Å²) in [5.74, 6) is 0.387. The Bertz CT molecular complexity index is 505. The van der Waals surface area contributed by atoms with E-state index in [4.69, 9.17) is 4.74 Å². The first-order valence-electron chi connectivity index (χ1n) is 7.04. The number of hydrogen-bond acceptors (Lipinski definition) is 9. The van der Waals surface area contributed by atoms with Crippen LogP contribution in [0.1, 0.15) is 0 Å². The normalized spacial score (nSPS) is 16.5. The van der Waals surface area contributed by atoms with Crippen LogP contribution >= 0.6 is 0 Å². The lowest BCUT2D eigenvalue weighted by Gasteiger charge is -2.32. The maximum atomic E-state index is 11.4. The van der Waals surface area contributed by atoms with Gasteiger partial charge in [-0.1, -0.05) is 0 Å². The molecule has 122 valence electrons. The van der Waals surface area contributed by atoms with Gasteiger partial charge in [-0.2, -0.15) is 0 Å². The molecule has 0 spiro atoms. The van der Waals surface area contributed by atoms with Crippen molar-refractivity contribution in [3.8, 4) is 0 Å². The number of methoxy groups -OCH3 is 1. The maximum Gasteiger partial charge on any atom is 0.354 e. The second kappa shape index (κ2) is 7.82. The molecule has 2 N–H and O–H groups in total. The predicted octanol–water partition coefficient (Wildman–Crippen LogP) is 0.0174. The largest absolute Gasteiger partial charge is 0.383 e. The number of likely N-dealkylation sites (N-methyl/N-ethyl adjacent to an activating group) is 1. The maximum absolute atomic E-state index is 11.4. The van der Waals surface area contributed by atoms with Gasteiger partial charge >= 0.3 is 5.69 Å². The Morgan fingerprint density at radius 2 is 2.00 bits per heavy atom. The molecule has 1 saturated heterocycles. The summed E-state index contributed by atoms with van der Waals surface area (Å²) in [6, 6.07) is 0. The van der Waals surface area contributed by atoms with E-state index in [2.05, 4.69) is 25.6 Å². The molecule has 0 aliphatic carbocycles. The second-order valence-corrected chi connectivity index (χ2v) is 5.00. The van der Waals surface area contributed by atoms with Crippen molar-refractivity contribution in [3.05, 3.63) is 16.4 Å². The average Bonchev–Trinajstić information content (AvgIpc) is 2.50. The number of nitrogens with zero attached hydrogens (tertiary/aromatic N) is 5. The molecule has 1 aromatic heterocycles. The average molecular weight is 311 g/mol. The van der Waals surface area contributed by atoms with Crippen molar-refractivity contribution >= 4 is 17.3 Å². The van der Waals surface area contributed by atoms with Crippen LogP contribution in [-0.4, -0.2) is 78.3 Å². The molecule has 0 radical (unpaired) electrons. The number of rotatable bonds is 7. The van der Waals surface area contributed by atoms with Crippen molar-refractivity contribution in [2.45, 2.75) is 0 Å². The zero-order valence-electron chi connectivity index (χ0n) is 12.8. The number of nitro groups is 1. The second-order valence-electron chi connectivity index (χ2n) is 5.00. The Kier molecular flexibility index (Phi) is 5.81. The molecule has 0 atom stereocenters. The minimum Gasteiger partial charge on any atom is -0.383 e. The predicted molar refractivity (Wildman–Crippen MR) is 81.7 cm³/mol. The number of piperazine rings is 1. The minimum absolute atomic E-state index is 0.155. The van der Waals surface area contributed by atoms with Gasteiger partial charge in [-0.15, -0.1) is 0 Å². The van der Waals surface area contributed by atoms with E-state index in [9.17, 15) is 10.1 Å². The molecule has 1 aliphatic rings. The van der Waals surface area contributed by atoms with E-state index in [-0.39, 0.29) is 17.3 Å². The highest BCUT2D eigenvalue weighted by Crippen LogP contribution is 2.29. The lowest BCUT2D eigenvalue weighted by atomic mass is 10.4.